The molecule has 0 radical (unpaired) electrons. The fraction of sp³-hybridized carbons (Fsp3) is 0.545. The van der Waals surface area contributed by atoms with Crippen molar-refractivity contribution in [2.75, 3.05) is 113 Å². The number of nitrogen functional groups attached to an aromatic ring is 1. The number of anilines is 4. The predicted molar refractivity (Wildman–Crippen MR) is 240 cm³/mol. The molecule has 0 aromatic heterocycles. The summed E-state index contributed by atoms with van der Waals surface area (Å²) in [5, 5.41) is 21.2. The molecule has 16 heteroatoms. The number of amides is 1. The van der Waals surface area contributed by atoms with Gasteiger partial charge in [0.2, 0.25) is 0 Å². The summed E-state index contributed by atoms with van der Waals surface area (Å²) >= 11 is 0. The van der Waals surface area contributed by atoms with Crippen LogP contribution < -0.4 is 20.4 Å². The number of nitrogens with zero attached hydrogens (tertiary/aromatic N) is 8. The van der Waals surface area contributed by atoms with Gasteiger partial charge in [0.05, 0.1) is 9.85 Å². The first-order valence-corrected chi connectivity index (χ1v) is 18.9. The van der Waals surface area contributed by atoms with Gasteiger partial charge < -0.3 is 47.3 Å². The van der Waals surface area contributed by atoms with Crippen LogP contribution in [0.5, 0.6) is 0 Å². The molecule has 9 rings (SSSR count). The number of rotatable bonds is 5. The minimum Gasteiger partial charge on any atom is -0.444 e. The summed E-state index contributed by atoms with van der Waals surface area (Å²) in [6.45, 7) is 18.2. The van der Waals surface area contributed by atoms with Crippen LogP contribution in [0.15, 0.2) is 72.8 Å². The molecule has 0 bridgehead atoms. The first-order chi connectivity index (χ1) is 25.9. The summed E-state index contributed by atoms with van der Waals surface area (Å²) in [5.74, 6) is 0. The van der Waals surface area contributed by atoms with Gasteiger partial charge in [-0.3, -0.25) is 20.2 Å². The van der Waals surface area contributed by atoms with Gasteiger partial charge >= 0.3 is 6.09 Å². The van der Waals surface area contributed by atoms with E-state index in [1.165, 1.54) is 57.1 Å². The van der Waals surface area contributed by atoms with E-state index in [2.05, 4.69) is 50.7 Å². The van der Waals surface area contributed by atoms with Crippen LogP contribution in [0.1, 0.15) is 43.1 Å². The van der Waals surface area contributed by atoms with Crippen molar-refractivity contribution >= 4 is 40.2 Å². The molecular weight excluding hydrogens is 857 g/mol. The zero-order valence-corrected chi connectivity index (χ0v) is 35.4. The second-order valence-electron chi connectivity index (χ2n) is 17.9. The van der Waals surface area contributed by atoms with Crippen molar-refractivity contribution < 1.29 is 39.8 Å². The normalized spacial score (nSPS) is 19.5. The van der Waals surface area contributed by atoms with Crippen molar-refractivity contribution in [2.45, 2.75) is 48.7 Å². The molecule has 6 aliphatic rings. The first-order valence-electron chi connectivity index (χ1n) is 18.9. The molecule has 60 heavy (non-hydrogen) atoms. The van der Waals surface area contributed by atoms with E-state index in [0.29, 0.717) is 23.9 Å². The number of ether oxygens (including phenoxy) is 1. The molecule has 6 heterocycles. The number of likely N-dealkylation sites (tertiary alicyclic amines) is 3. The second-order valence-corrected chi connectivity index (χ2v) is 17.9. The fourth-order valence-electron chi connectivity index (χ4n) is 9.11. The van der Waals surface area contributed by atoms with Crippen LogP contribution in [0.3, 0.4) is 0 Å². The van der Waals surface area contributed by atoms with E-state index in [9.17, 15) is 25.0 Å². The van der Waals surface area contributed by atoms with Gasteiger partial charge in [-0.05, 0) is 83.4 Å². The fourth-order valence-corrected chi connectivity index (χ4v) is 9.11. The molecule has 3 aromatic carbocycles. The topological polar surface area (TPSA) is 158 Å². The molecular formula is C44H68N9O6Pd-. The van der Waals surface area contributed by atoms with Crippen LogP contribution in [-0.4, -0.2) is 129 Å². The van der Waals surface area contributed by atoms with Crippen molar-refractivity contribution in [1.29, 1.82) is 0 Å². The zero-order chi connectivity index (χ0) is 39.3. The second kappa shape index (κ2) is 19.5. The summed E-state index contributed by atoms with van der Waals surface area (Å²) in [6.07, 6.45) is -0.253. The van der Waals surface area contributed by atoms with Gasteiger partial charge in [-0.2, -0.15) is 0 Å². The zero-order valence-electron chi connectivity index (χ0n) is 33.8. The maximum absolute atomic E-state index is 11.9. The summed E-state index contributed by atoms with van der Waals surface area (Å²) in [6, 6.07) is 21.6. The van der Waals surface area contributed by atoms with Crippen molar-refractivity contribution in [3.63, 3.8) is 0 Å². The number of carbonyl (C=O) groups is 1. The van der Waals surface area contributed by atoms with Crippen LogP contribution in [0.4, 0.5) is 38.9 Å². The summed E-state index contributed by atoms with van der Waals surface area (Å²) in [7, 11) is 4.33. The number of carbonyl (C=O) groups excluding carboxylic acids is 1. The van der Waals surface area contributed by atoms with E-state index >= 15 is 0 Å². The number of hydrogen-bond donors (Lipinski definition) is 1. The van der Waals surface area contributed by atoms with Gasteiger partial charge in [0, 0.05) is 162 Å². The van der Waals surface area contributed by atoms with Crippen LogP contribution >= 0.6 is 0 Å². The number of nitro benzene ring substituents is 2. The minimum atomic E-state index is -0.468. The Balaban J connectivity index is 0.000000304. The Morgan fingerprint density at radius 1 is 0.583 bits per heavy atom. The average Bonchev–Trinajstić information content (AvgIpc) is 3.02. The number of nitrogens with two attached hydrogens (primary N) is 1. The van der Waals surface area contributed by atoms with Crippen molar-refractivity contribution in [3.05, 3.63) is 100 Å². The Bertz CT molecular complexity index is 1870. The molecule has 0 unspecified atom stereocenters. The van der Waals surface area contributed by atoms with Crippen molar-refractivity contribution in [1.82, 2.24) is 14.7 Å². The van der Waals surface area contributed by atoms with Gasteiger partial charge in [0.15, 0.2) is 0 Å². The Hall–Kier alpha value is -4.49. The maximum atomic E-state index is 11.9. The molecule has 15 nitrogen and oxygen atoms in total. The molecule has 6 saturated heterocycles. The monoisotopic (exact) mass is 924 g/mol. The molecule has 336 valence electrons. The van der Waals surface area contributed by atoms with Crippen LogP contribution in [0, 0.1) is 43.9 Å². The average molecular weight is 926 g/mol. The standard InChI is InChI=1S/C16H21N3O4.C12H15N3O2.C12H17N3.3CH4.CH3.Pd/c1-15(2,3)23-14(20)18-10-16(11-18)8-17(9-16)12-4-6-13(7-5-12)19(21)22;1-13-6-12(7-13)8-14(9-12)10-2-4-11(5-3-10)15(16)17;1-14-6-12(7-14)8-15(9-12)11-4-2-10(13)3-5-11;;;;;/h4-7H,8-11H2,1-3H3;2-5H,6-9H2,1H3;2-5H,6-9,13H2,1H3;3*1H4;1H3;/q;;;;;;-1;. The van der Waals surface area contributed by atoms with Gasteiger partial charge in [-0.15, -0.1) is 0 Å². The third kappa shape index (κ3) is 11.3. The van der Waals surface area contributed by atoms with Gasteiger partial charge in [0.25, 0.3) is 11.4 Å². The minimum absolute atomic E-state index is 0. The predicted octanol–water partition coefficient (Wildman–Crippen LogP) is 7.38. The van der Waals surface area contributed by atoms with Crippen LogP contribution in [0.2, 0.25) is 0 Å². The van der Waals surface area contributed by atoms with E-state index in [1.54, 1.807) is 29.2 Å². The molecule has 0 saturated carbocycles. The number of nitro groups is 2. The molecule has 2 N–H and O–H groups in total. The van der Waals surface area contributed by atoms with E-state index in [0.717, 1.165) is 43.2 Å². The van der Waals surface area contributed by atoms with Crippen molar-refractivity contribution in [3.8, 4) is 0 Å². The van der Waals surface area contributed by atoms with Gasteiger partial charge in [-0.1, -0.05) is 22.3 Å². The van der Waals surface area contributed by atoms with E-state index in [-0.39, 0.29) is 77.9 Å². The van der Waals surface area contributed by atoms with Crippen LogP contribution in [0.25, 0.3) is 0 Å². The van der Waals surface area contributed by atoms with Gasteiger partial charge in [-0.25, -0.2) is 4.79 Å². The molecule has 0 atom stereocenters. The third-order valence-corrected chi connectivity index (χ3v) is 11.4. The Morgan fingerprint density at radius 2 is 0.867 bits per heavy atom. The number of hydrogen-bond acceptors (Lipinski definition) is 12. The summed E-state index contributed by atoms with van der Waals surface area (Å²) in [4.78, 5) is 45.8. The summed E-state index contributed by atoms with van der Waals surface area (Å²) < 4.78 is 5.36. The van der Waals surface area contributed by atoms with Crippen LogP contribution in [-0.2, 0) is 25.2 Å². The van der Waals surface area contributed by atoms with E-state index in [1.807, 2.05) is 45.0 Å². The smallest absolute Gasteiger partial charge is 0.410 e. The molecule has 1 amide bonds. The largest absolute Gasteiger partial charge is 0.444 e. The molecule has 3 aromatic rings. The van der Waals surface area contributed by atoms with E-state index in [4.69, 9.17) is 10.5 Å². The SMILES string of the molecule is C.C.C.CC(C)(C)OC(=O)N1CC2(C1)CN(c1ccc([N+](=O)[O-])cc1)C2.CN1CC2(C1)CN(c1ccc(N)cc1)C2.CN1CC2(C1)CN(c1ccc([N+](=O)[O-])cc1)C2.[CH3-].[Pd]. The maximum Gasteiger partial charge on any atom is 0.410 e. The van der Waals surface area contributed by atoms with Crippen molar-refractivity contribution in [2.24, 2.45) is 16.2 Å². The molecule has 0 aliphatic carbocycles. The number of non-ortho nitro benzene ring substituents is 2. The Kier molecular flexibility index (Phi) is 16.8. The quantitative estimate of drug-likeness (QED) is 0.0892. The van der Waals surface area contributed by atoms with E-state index < -0.39 is 10.5 Å². The Morgan fingerprint density at radius 3 is 1.13 bits per heavy atom. The Labute approximate surface area is 371 Å². The number of benzene rings is 3. The van der Waals surface area contributed by atoms with Gasteiger partial charge in [0.1, 0.15) is 5.60 Å². The molecule has 6 fully saturated rings. The first kappa shape index (κ1) is 51.7. The summed E-state index contributed by atoms with van der Waals surface area (Å²) in [5.41, 5.74) is 10.9. The molecule has 6 aliphatic heterocycles. The molecule has 3 spiro atoms. The third-order valence-electron chi connectivity index (χ3n) is 11.4.